The third-order valence-electron chi connectivity index (χ3n) is 3.28. The molecule has 1 aromatic rings. The maximum Gasteiger partial charge on any atom is 0.257 e. The molecule has 104 valence electrons. The van der Waals surface area contributed by atoms with Crippen molar-refractivity contribution in [2.24, 2.45) is 0 Å². The molecule has 0 unspecified atom stereocenters. The molecule has 0 bridgehead atoms. The van der Waals surface area contributed by atoms with Gasteiger partial charge in [-0.3, -0.25) is 4.79 Å². The molecule has 1 amide bonds. The number of hydrogen-bond donors (Lipinski definition) is 1. The summed E-state index contributed by atoms with van der Waals surface area (Å²) in [7, 11) is 0. The first-order valence-corrected chi connectivity index (χ1v) is 7.01. The zero-order chi connectivity index (χ0) is 13.8. The first-order valence-electron chi connectivity index (χ1n) is 7.01. The largest absolute Gasteiger partial charge is 0.491 e. The highest BCUT2D eigenvalue weighted by Gasteiger charge is 2.33. The Labute approximate surface area is 114 Å². The van der Waals surface area contributed by atoms with Crippen LogP contribution in [0, 0.1) is 0 Å². The Bertz CT molecular complexity index is 455. The van der Waals surface area contributed by atoms with Gasteiger partial charge in [0.1, 0.15) is 0 Å². The van der Waals surface area contributed by atoms with Crippen LogP contribution in [0.2, 0.25) is 0 Å². The van der Waals surface area contributed by atoms with Gasteiger partial charge in [0, 0.05) is 12.6 Å². The van der Waals surface area contributed by atoms with Gasteiger partial charge in [0.15, 0.2) is 5.75 Å². The van der Waals surface area contributed by atoms with Crippen molar-refractivity contribution in [1.29, 1.82) is 0 Å². The first kappa shape index (κ1) is 13.7. The van der Waals surface area contributed by atoms with Crippen LogP contribution < -0.4 is 10.5 Å². The monoisotopic (exact) mass is 262 g/mol. The zero-order valence-corrected chi connectivity index (χ0v) is 11.7. The van der Waals surface area contributed by atoms with Crippen molar-refractivity contribution in [2.45, 2.75) is 39.2 Å². The van der Waals surface area contributed by atoms with Gasteiger partial charge < -0.3 is 15.4 Å². The minimum absolute atomic E-state index is 0.0418. The summed E-state index contributed by atoms with van der Waals surface area (Å²) in [6, 6.07) is 5.78. The van der Waals surface area contributed by atoms with Gasteiger partial charge >= 0.3 is 0 Å². The average molecular weight is 262 g/mol. The molecule has 0 aliphatic heterocycles. The van der Waals surface area contributed by atoms with E-state index in [1.54, 1.807) is 12.1 Å². The second-order valence-electron chi connectivity index (χ2n) is 4.89. The highest BCUT2D eigenvalue weighted by atomic mass is 16.5. The first-order chi connectivity index (χ1) is 9.19. The van der Waals surface area contributed by atoms with E-state index in [1.807, 2.05) is 17.9 Å². The topological polar surface area (TPSA) is 55.6 Å². The Hall–Kier alpha value is -1.71. The maximum atomic E-state index is 12.7. The van der Waals surface area contributed by atoms with Crippen molar-refractivity contribution in [3.63, 3.8) is 0 Å². The number of nitrogens with two attached hydrogens (primary N) is 1. The lowest BCUT2D eigenvalue weighted by atomic mass is 10.1. The Morgan fingerprint density at radius 2 is 2.16 bits per heavy atom. The Kier molecular flexibility index (Phi) is 4.30. The maximum absolute atomic E-state index is 12.7. The van der Waals surface area contributed by atoms with Crippen LogP contribution in [0.5, 0.6) is 5.75 Å². The molecule has 0 radical (unpaired) electrons. The van der Waals surface area contributed by atoms with Crippen LogP contribution in [-0.2, 0) is 0 Å². The van der Waals surface area contributed by atoms with Crippen LogP contribution in [0.4, 0.5) is 5.69 Å². The fraction of sp³-hybridized carbons (Fsp3) is 0.533. The summed E-state index contributed by atoms with van der Waals surface area (Å²) < 4.78 is 5.54. The molecule has 1 aromatic carbocycles. The summed E-state index contributed by atoms with van der Waals surface area (Å²) in [6.45, 7) is 5.28. The highest BCUT2D eigenvalue weighted by molar-refractivity contribution is 5.99. The van der Waals surface area contributed by atoms with Crippen LogP contribution in [-0.4, -0.2) is 30.0 Å². The summed E-state index contributed by atoms with van der Waals surface area (Å²) in [4.78, 5) is 14.6. The average Bonchev–Trinajstić information content (AvgIpc) is 3.22. The predicted octanol–water partition coefficient (Wildman–Crippen LogP) is 2.68. The Balaban J connectivity index is 2.28. The van der Waals surface area contributed by atoms with Crippen molar-refractivity contribution in [1.82, 2.24) is 4.90 Å². The van der Waals surface area contributed by atoms with Crippen LogP contribution in [0.15, 0.2) is 18.2 Å². The molecule has 0 spiro atoms. The molecular formula is C15H22N2O2. The predicted molar refractivity (Wildman–Crippen MR) is 76.4 cm³/mol. The molecule has 4 heteroatoms. The molecule has 0 saturated heterocycles. The van der Waals surface area contributed by atoms with E-state index < -0.39 is 0 Å². The molecule has 4 nitrogen and oxygen atoms in total. The lowest BCUT2D eigenvalue weighted by molar-refractivity contribution is 0.0739. The normalized spacial score (nSPS) is 14.2. The van der Waals surface area contributed by atoms with Gasteiger partial charge in [-0.1, -0.05) is 13.0 Å². The Morgan fingerprint density at radius 1 is 1.42 bits per heavy atom. The van der Waals surface area contributed by atoms with Gasteiger partial charge in [-0.15, -0.1) is 0 Å². The van der Waals surface area contributed by atoms with Crippen LogP contribution >= 0.6 is 0 Å². The van der Waals surface area contributed by atoms with E-state index in [2.05, 4.69) is 6.92 Å². The summed E-state index contributed by atoms with van der Waals surface area (Å²) >= 11 is 0. The molecule has 1 saturated carbocycles. The number of para-hydroxylation sites is 1. The number of benzene rings is 1. The lowest BCUT2D eigenvalue weighted by Crippen LogP contribution is -2.34. The second kappa shape index (κ2) is 5.95. The van der Waals surface area contributed by atoms with Crippen molar-refractivity contribution >= 4 is 11.6 Å². The molecule has 0 heterocycles. The van der Waals surface area contributed by atoms with Gasteiger partial charge in [0.25, 0.3) is 5.91 Å². The van der Waals surface area contributed by atoms with Crippen molar-refractivity contribution < 1.29 is 9.53 Å². The standard InChI is InChI=1S/C15H22N2O2/c1-3-10-17(11-8-9-11)15(18)12-6-5-7-13(16)14(12)19-4-2/h5-7,11H,3-4,8-10,16H2,1-2H3. The highest BCUT2D eigenvalue weighted by Crippen LogP contribution is 2.32. The number of nitrogen functional groups attached to an aromatic ring is 1. The zero-order valence-electron chi connectivity index (χ0n) is 11.7. The SMILES string of the molecule is CCCN(C(=O)c1cccc(N)c1OCC)C1CC1. The van der Waals surface area contributed by atoms with Gasteiger partial charge in [-0.25, -0.2) is 0 Å². The molecule has 2 rings (SSSR count). The van der Waals surface area contributed by atoms with E-state index in [0.717, 1.165) is 25.8 Å². The minimum atomic E-state index is 0.0418. The number of ether oxygens (including phenoxy) is 1. The van der Waals surface area contributed by atoms with Gasteiger partial charge in [-0.2, -0.15) is 0 Å². The van der Waals surface area contributed by atoms with Crippen LogP contribution in [0.3, 0.4) is 0 Å². The van der Waals surface area contributed by atoms with E-state index in [4.69, 9.17) is 10.5 Å². The molecular weight excluding hydrogens is 240 g/mol. The Morgan fingerprint density at radius 3 is 2.74 bits per heavy atom. The lowest BCUT2D eigenvalue weighted by Gasteiger charge is -2.23. The van der Waals surface area contributed by atoms with E-state index in [9.17, 15) is 4.79 Å². The van der Waals surface area contributed by atoms with Crippen molar-refractivity contribution in [3.8, 4) is 5.75 Å². The minimum Gasteiger partial charge on any atom is -0.491 e. The van der Waals surface area contributed by atoms with Gasteiger partial charge in [0.05, 0.1) is 17.9 Å². The summed E-state index contributed by atoms with van der Waals surface area (Å²) in [5, 5.41) is 0. The van der Waals surface area contributed by atoms with Gasteiger partial charge in [0.2, 0.25) is 0 Å². The summed E-state index contributed by atoms with van der Waals surface area (Å²) in [5.74, 6) is 0.567. The van der Waals surface area contributed by atoms with Crippen LogP contribution in [0.1, 0.15) is 43.5 Å². The molecule has 1 aliphatic rings. The number of carbonyl (C=O) groups excluding carboxylic acids is 1. The number of hydrogen-bond acceptors (Lipinski definition) is 3. The second-order valence-corrected chi connectivity index (χ2v) is 4.89. The van der Waals surface area contributed by atoms with E-state index in [0.29, 0.717) is 29.6 Å². The molecule has 0 atom stereocenters. The number of carbonyl (C=O) groups is 1. The van der Waals surface area contributed by atoms with E-state index in [1.165, 1.54) is 0 Å². The third kappa shape index (κ3) is 3.00. The molecule has 0 aromatic heterocycles. The van der Waals surface area contributed by atoms with Crippen LogP contribution in [0.25, 0.3) is 0 Å². The summed E-state index contributed by atoms with van der Waals surface area (Å²) in [5.41, 5.74) is 7.03. The number of nitrogens with zero attached hydrogens (tertiary/aromatic N) is 1. The van der Waals surface area contributed by atoms with Crippen molar-refractivity contribution in [2.75, 3.05) is 18.9 Å². The fourth-order valence-electron chi connectivity index (χ4n) is 2.26. The van der Waals surface area contributed by atoms with Crippen molar-refractivity contribution in [3.05, 3.63) is 23.8 Å². The van der Waals surface area contributed by atoms with E-state index in [-0.39, 0.29) is 5.91 Å². The summed E-state index contributed by atoms with van der Waals surface area (Å²) in [6.07, 6.45) is 3.19. The number of rotatable bonds is 6. The van der Waals surface area contributed by atoms with Gasteiger partial charge in [-0.05, 0) is 38.3 Å². The molecule has 1 fully saturated rings. The number of amides is 1. The third-order valence-corrected chi connectivity index (χ3v) is 3.28. The smallest absolute Gasteiger partial charge is 0.257 e. The fourth-order valence-corrected chi connectivity index (χ4v) is 2.26. The quantitative estimate of drug-likeness (QED) is 0.802. The number of anilines is 1. The molecule has 2 N–H and O–H groups in total. The van der Waals surface area contributed by atoms with E-state index >= 15 is 0 Å². The molecule has 19 heavy (non-hydrogen) atoms. The molecule has 1 aliphatic carbocycles.